The molecule has 0 amide bonds. The first-order valence-electron chi connectivity index (χ1n) is 6.11. The lowest BCUT2D eigenvalue weighted by Crippen LogP contribution is -2.01. The first-order valence-corrected chi connectivity index (χ1v) is 7.16. The Morgan fingerprint density at radius 2 is 2.06 bits per heavy atom. The van der Waals surface area contributed by atoms with Gasteiger partial charge in [-0.2, -0.15) is 16.7 Å². The predicted molar refractivity (Wildman–Crippen MR) is 64.5 cm³/mol. The van der Waals surface area contributed by atoms with E-state index < -0.39 is 0 Å². The molecule has 0 radical (unpaired) electrons. The third-order valence-electron chi connectivity index (χ3n) is 3.12. The zero-order chi connectivity index (χ0) is 10.8. The fourth-order valence-corrected chi connectivity index (χ4v) is 3.19. The number of nitrogens with zero attached hydrogens (tertiary/aromatic N) is 2. The van der Waals surface area contributed by atoms with Gasteiger partial charge in [-0.05, 0) is 25.7 Å². The molecule has 88 valence electrons. The molecule has 0 unspecified atom stereocenters. The van der Waals surface area contributed by atoms with Crippen molar-refractivity contribution in [3.8, 4) is 0 Å². The molecule has 0 aliphatic heterocycles. The summed E-state index contributed by atoms with van der Waals surface area (Å²) in [6.45, 7) is 0. The quantitative estimate of drug-likeness (QED) is 0.856. The van der Waals surface area contributed by atoms with Gasteiger partial charge < -0.3 is 9.84 Å². The molecule has 2 fully saturated rings. The van der Waals surface area contributed by atoms with Crippen molar-refractivity contribution in [2.24, 2.45) is 0 Å². The van der Waals surface area contributed by atoms with E-state index in [4.69, 9.17) is 4.52 Å². The second-order valence-corrected chi connectivity index (χ2v) is 5.94. The summed E-state index contributed by atoms with van der Waals surface area (Å²) in [6, 6.07) is 1.18. The number of hydrogen-bond acceptors (Lipinski definition) is 5. The van der Waals surface area contributed by atoms with Gasteiger partial charge in [0.15, 0.2) is 5.82 Å². The number of nitrogens with one attached hydrogen (secondary N) is 1. The predicted octanol–water partition coefficient (Wildman–Crippen LogP) is 2.82. The maximum absolute atomic E-state index is 5.15. The minimum Gasteiger partial charge on any atom is -0.335 e. The summed E-state index contributed by atoms with van der Waals surface area (Å²) in [4.78, 5) is 4.34. The Morgan fingerprint density at radius 1 is 1.25 bits per heavy atom. The van der Waals surface area contributed by atoms with E-state index in [-0.39, 0.29) is 0 Å². The Bertz CT molecular complexity index is 345. The maximum atomic E-state index is 5.15. The molecule has 2 aliphatic rings. The van der Waals surface area contributed by atoms with Crippen LogP contribution in [0.15, 0.2) is 4.52 Å². The standard InChI is InChI=1S/C11H17N3OS/c1-2-4-9(3-1)16-7-10-13-11(15-14-10)12-8-5-6-8/h8-9H,1-7H2,(H,12,13,14). The van der Waals surface area contributed by atoms with Crippen LogP contribution in [-0.2, 0) is 5.75 Å². The lowest BCUT2D eigenvalue weighted by atomic mass is 10.4. The molecule has 0 atom stereocenters. The summed E-state index contributed by atoms with van der Waals surface area (Å²) in [7, 11) is 0. The second kappa shape index (κ2) is 4.65. The Labute approximate surface area is 99.6 Å². The van der Waals surface area contributed by atoms with Crippen LogP contribution in [0.3, 0.4) is 0 Å². The van der Waals surface area contributed by atoms with Gasteiger partial charge in [0, 0.05) is 11.3 Å². The van der Waals surface area contributed by atoms with Crippen molar-refractivity contribution in [1.82, 2.24) is 10.1 Å². The highest BCUT2D eigenvalue weighted by molar-refractivity contribution is 7.99. The van der Waals surface area contributed by atoms with Crippen LogP contribution in [0.25, 0.3) is 0 Å². The van der Waals surface area contributed by atoms with Gasteiger partial charge in [0.05, 0.1) is 5.75 Å². The van der Waals surface area contributed by atoms with E-state index in [9.17, 15) is 0 Å². The molecule has 1 N–H and O–H groups in total. The van der Waals surface area contributed by atoms with Crippen molar-refractivity contribution in [3.05, 3.63) is 5.82 Å². The Kier molecular flexibility index (Phi) is 3.04. The maximum Gasteiger partial charge on any atom is 0.321 e. The minimum atomic E-state index is 0.579. The van der Waals surface area contributed by atoms with E-state index in [0.29, 0.717) is 12.1 Å². The topological polar surface area (TPSA) is 51.0 Å². The molecule has 16 heavy (non-hydrogen) atoms. The van der Waals surface area contributed by atoms with Crippen molar-refractivity contribution < 1.29 is 4.52 Å². The summed E-state index contributed by atoms with van der Waals surface area (Å²) in [6.07, 6.45) is 7.95. The number of thioether (sulfide) groups is 1. The van der Waals surface area contributed by atoms with E-state index in [2.05, 4.69) is 15.5 Å². The number of hydrogen-bond donors (Lipinski definition) is 1. The zero-order valence-electron chi connectivity index (χ0n) is 9.32. The molecule has 4 nitrogen and oxygen atoms in total. The Hall–Kier alpha value is -0.710. The highest BCUT2D eigenvalue weighted by Crippen LogP contribution is 2.31. The van der Waals surface area contributed by atoms with Crippen LogP contribution in [0.2, 0.25) is 0 Å². The highest BCUT2D eigenvalue weighted by Gasteiger charge is 2.23. The molecule has 1 aromatic heterocycles. The molecule has 0 bridgehead atoms. The van der Waals surface area contributed by atoms with Crippen LogP contribution in [0.4, 0.5) is 6.01 Å². The van der Waals surface area contributed by atoms with Crippen molar-refractivity contribution in [1.29, 1.82) is 0 Å². The number of rotatable bonds is 5. The zero-order valence-corrected chi connectivity index (χ0v) is 10.1. The first-order chi connectivity index (χ1) is 7.90. The van der Waals surface area contributed by atoms with Crippen molar-refractivity contribution in [2.45, 2.75) is 55.6 Å². The molecule has 3 rings (SSSR count). The van der Waals surface area contributed by atoms with Crippen LogP contribution in [0, 0.1) is 0 Å². The molecular weight excluding hydrogens is 222 g/mol. The van der Waals surface area contributed by atoms with E-state index in [1.54, 1.807) is 0 Å². The van der Waals surface area contributed by atoms with Gasteiger partial charge in [-0.25, -0.2) is 0 Å². The number of aromatic nitrogens is 2. The van der Waals surface area contributed by atoms with Gasteiger partial charge in [0.1, 0.15) is 0 Å². The smallest absolute Gasteiger partial charge is 0.321 e. The molecule has 0 aromatic carbocycles. The van der Waals surface area contributed by atoms with Crippen LogP contribution < -0.4 is 5.32 Å². The van der Waals surface area contributed by atoms with Gasteiger partial charge >= 0.3 is 6.01 Å². The number of anilines is 1. The van der Waals surface area contributed by atoms with Gasteiger partial charge in [0.25, 0.3) is 0 Å². The average molecular weight is 239 g/mol. The Balaban J connectivity index is 1.47. The summed E-state index contributed by atoms with van der Waals surface area (Å²) >= 11 is 1.97. The van der Waals surface area contributed by atoms with Crippen molar-refractivity contribution in [2.75, 3.05) is 5.32 Å². The van der Waals surface area contributed by atoms with E-state index in [1.807, 2.05) is 11.8 Å². The van der Waals surface area contributed by atoms with Crippen LogP contribution in [-0.4, -0.2) is 21.4 Å². The van der Waals surface area contributed by atoms with Crippen LogP contribution >= 0.6 is 11.8 Å². The molecule has 2 aliphatic carbocycles. The summed E-state index contributed by atoms with van der Waals surface area (Å²) < 4.78 is 5.15. The van der Waals surface area contributed by atoms with Crippen LogP contribution in [0.5, 0.6) is 0 Å². The molecule has 1 heterocycles. The van der Waals surface area contributed by atoms with Crippen molar-refractivity contribution in [3.63, 3.8) is 0 Å². The summed E-state index contributed by atoms with van der Waals surface area (Å²) in [5.74, 6) is 1.72. The summed E-state index contributed by atoms with van der Waals surface area (Å²) in [5.41, 5.74) is 0. The highest BCUT2D eigenvalue weighted by atomic mass is 32.2. The van der Waals surface area contributed by atoms with Crippen LogP contribution in [0.1, 0.15) is 44.3 Å². The largest absolute Gasteiger partial charge is 0.335 e. The summed E-state index contributed by atoms with van der Waals surface area (Å²) in [5, 5.41) is 8.02. The molecule has 5 heteroatoms. The third-order valence-corrected chi connectivity index (χ3v) is 4.49. The normalized spacial score (nSPS) is 21.5. The Morgan fingerprint density at radius 3 is 2.81 bits per heavy atom. The first kappa shape index (κ1) is 10.4. The second-order valence-electron chi connectivity index (χ2n) is 4.65. The third kappa shape index (κ3) is 2.70. The minimum absolute atomic E-state index is 0.579. The van der Waals surface area contributed by atoms with Crippen molar-refractivity contribution >= 4 is 17.8 Å². The van der Waals surface area contributed by atoms with Gasteiger partial charge in [-0.15, -0.1) is 0 Å². The lowest BCUT2D eigenvalue weighted by molar-refractivity contribution is 0.424. The van der Waals surface area contributed by atoms with Gasteiger partial charge in [-0.3, -0.25) is 0 Å². The fourth-order valence-electron chi connectivity index (χ4n) is 2.02. The molecular formula is C11H17N3OS. The van der Waals surface area contributed by atoms with E-state index in [0.717, 1.165) is 16.8 Å². The lowest BCUT2D eigenvalue weighted by Gasteiger charge is -2.04. The SMILES string of the molecule is C1CCC(SCc2noc(NC3CC3)n2)C1. The van der Waals surface area contributed by atoms with E-state index >= 15 is 0 Å². The van der Waals surface area contributed by atoms with E-state index in [1.165, 1.54) is 38.5 Å². The molecule has 0 spiro atoms. The van der Waals surface area contributed by atoms with Gasteiger partial charge in [0.2, 0.25) is 0 Å². The van der Waals surface area contributed by atoms with Gasteiger partial charge in [-0.1, -0.05) is 18.0 Å². The molecule has 1 aromatic rings. The molecule has 2 saturated carbocycles. The fraction of sp³-hybridized carbons (Fsp3) is 0.818. The molecule has 0 saturated heterocycles. The average Bonchev–Trinajstić information content (AvgIpc) is 2.81. The monoisotopic (exact) mass is 239 g/mol.